The molecule has 0 aliphatic rings. The van der Waals surface area contributed by atoms with Crippen LogP contribution in [0.5, 0.6) is 5.75 Å². The topological polar surface area (TPSA) is 56.1 Å². The van der Waals surface area contributed by atoms with E-state index in [2.05, 4.69) is 10.4 Å². The third-order valence-corrected chi connectivity index (χ3v) is 4.27. The van der Waals surface area contributed by atoms with Crippen LogP contribution in [0.3, 0.4) is 0 Å². The minimum Gasteiger partial charge on any atom is -0.471 e. The molecule has 9 heteroatoms. The Morgan fingerprint density at radius 3 is 2.68 bits per heavy atom. The van der Waals surface area contributed by atoms with Crippen molar-refractivity contribution in [2.45, 2.75) is 19.8 Å². The number of amides is 1. The molecule has 0 aliphatic carbocycles. The van der Waals surface area contributed by atoms with Crippen molar-refractivity contribution in [3.63, 3.8) is 0 Å². The third-order valence-electron chi connectivity index (χ3n) is 3.85. The van der Waals surface area contributed by atoms with E-state index in [0.29, 0.717) is 10.8 Å². The molecule has 1 heterocycles. The van der Waals surface area contributed by atoms with Crippen molar-refractivity contribution >= 4 is 23.2 Å². The molecule has 2 aromatic carbocycles. The molecule has 0 bridgehead atoms. The van der Waals surface area contributed by atoms with E-state index in [0.717, 1.165) is 11.6 Å². The van der Waals surface area contributed by atoms with Gasteiger partial charge in [0.1, 0.15) is 5.75 Å². The lowest BCUT2D eigenvalue weighted by molar-refractivity contribution is -0.136. The molecule has 3 rings (SSSR count). The molecule has 0 unspecified atom stereocenters. The quantitative estimate of drug-likeness (QED) is 0.633. The third kappa shape index (κ3) is 4.64. The van der Waals surface area contributed by atoms with Crippen molar-refractivity contribution in [3.05, 3.63) is 76.6 Å². The van der Waals surface area contributed by atoms with Gasteiger partial charge in [-0.25, -0.2) is 4.68 Å². The molecule has 1 aromatic heterocycles. The number of hydrogen-bond donors (Lipinski definition) is 1. The van der Waals surface area contributed by atoms with Gasteiger partial charge in [-0.05, 0) is 48.9 Å². The first-order valence-corrected chi connectivity index (χ1v) is 8.52. The maximum atomic E-state index is 13.0. The van der Waals surface area contributed by atoms with Gasteiger partial charge in [0, 0.05) is 11.2 Å². The van der Waals surface area contributed by atoms with Crippen LogP contribution in [0, 0.1) is 6.92 Å². The van der Waals surface area contributed by atoms with Gasteiger partial charge in [-0.3, -0.25) is 4.79 Å². The molecule has 3 aromatic rings. The summed E-state index contributed by atoms with van der Waals surface area (Å²) >= 11 is 5.95. The van der Waals surface area contributed by atoms with Gasteiger partial charge < -0.3 is 10.1 Å². The number of alkyl halides is 3. The number of nitrogens with one attached hydrogen (secondary N) is 1. The van der Waals surface area contributed by atoms with Gasteiger partial charge in [0.15, 0.2) is 12.4 Å². The fraction of sp³-hybridized carbons (Fsp3) is 0.158. The van der Waals surface area contributed by atoms with Crippen LogP contribution in [0.25, 0.3) is 0 Å². The number of anilines is 1. The lowest BCUT2D eigenvalue weighted by atomic mass is 10.1. The van der Waals surface area contributed by atoms with E-state index in [1.54, 1.807) is 18.2 Å². The maximum absolute atomic E-state index is 13.0. The van der Waals surface area contributed by atoms with Gasteiger partial charge in [-0.15, -0.1) is 0 Å². The second kappa shape index (κ2) is 7.93. The Hall–Kier alpha value is -3.00. The number of benzene rings is 2. The van der Waals surface area contributed by atoms with E-state index in [9.17, 15) is 18.0 Å². The summed E-state index contributed by atoms with van der Waals surface area (Å²) in [5, 5.41) is 6.88. The number of rotatable bonds is 5. The van der Waals surface area contributed by atoms with E-state index >= 15 is 0 Å². The molecular formula is C19H15ClF3N3O2. The summed E-state index contributed by atoms with van der Waals surface area (Å²) in [6.07, 6.45) is -3.08. The number of halogens is 4. The summed E-state index contributed by atoms with van der Waals surface area (Å²) in [6, 6.07) is 11.3. The smallest absolute Gasteiger partial charge is 0.418 e. The van der Waals surface area contributed by atoms with Crippen molar-refractivity contribution in [1.29, 1.82) is 0 Å². The number of carbonyl (C=O) groups is 1. The highest BCUT2D eigenvalue weighted by molar-refractivity contribution is 6.31. The lowest BCUT2D eigenvalue weighted by Crippen LogP contribution is -2.17. The van der Waals surface area contributed by atoms with Crippen LogP contribution in [0.2, 0.25) is 5.02 Å². The number of aromatic nitrogens is 2. The summed E-state index contributed by atoms with van der Waals surface area (Å²) in [4.78, 5) is 12.3. The molecule has 146 valence electrons. The maximum Gasteiger partial charge on any atom is 0.418 e. The molecule has 0 saturated carbocycles. The standard InChI is InChI=1S/C19H15ClF3N3O2/c1-12-10-13(6-7-15(12)20)28-11-26-9-8-17(25-26)18(27)24-16-5-3-2-4-14(16)19(21,22)23/h2-10H,11H2,1H3,(H,24,27). The fourth-order valence-electron chi connectivity index (χ4n) is 2.43. The van der Waals surface area contributed by atoms with Crippen LogP contribution in [0.1, 0.15) is 21.6 Å². The average molecular weight is 410 g/mol. The van der Waals surface area contributed by atoms with Crippen molar-refractivity contribution in [2.24, 2.45) is 0 Å². The number of nitrogens with zero attached hydrogens (tertiary/aromatic N) is 2. The van der Waals surface area contributed by atoms with E-state index in [1.807, 2.05) is 6.92 Å². The van der Waals surface area contributed by atoms with Crippen molar-refractivity contribution in [1.82, 2.24) is 9.78 Å². The average Bonchev–Trinajstić information content (AvgIpc) is 3.11. The molecule has 28 heavy (non-hydrogen) atoms. The van der Waals surface area contributed by atoms with Crippen molar-refractivity contribution in [3.8, 4) is 5.75 Å². The van der Waals surface area contributed by atoms with E-state index in [1.165, 1.54) is 35.1 Å². The van der Waals surface area contributed by atoms with Crippen LogP contribution in [-0.2, 0) is 12.9 Å². The largest absolute Gasteiger partial charge is 0.471 e. The monoisotopic (exact) mass is 409 g/mol. The minimum atomic E-state index is -4.58. The Balaban J connectivity index is 1.67. The van der Waals surface area contributed by atoms with E-state index in [4.69, 9.17) is 16.3 Å². The normalized spacial score (nSPS) is 11.3. The van der Waals surface area contributed by atoms with Gasteiger partial charge in [0.2, 0.25) is 0 Å². The summed E-state index contributed by atoms with van der Waals surface area (Å²) in [7, 11) is 0. The van der Waals surface area contributed by atoms with Crippen LogP contribution in [0.4, 0.5) is 18.9 Å². The zero-order valence-corrected chi connectivity index (χ0v) is 15.4. The van der Waals surface area contributed by atoms with Crippen LogP contribution in [0.15, 0.2) is 54.7 Å². The second-order valence-corrected chi connectivity index (χ2v) is 6.33. The predicted molar refractivity (Wildman–Crippen MR) is 98.4 cm³/mol. The summed E-state index contributed by atoms with van der Waals surface area (Å²) in [5.74, 6) is -0.180. The molecule has 1 amide bonds. The zero-order valence-electron chi connectivity index (χ0n) is 14.6. The van der Waals surface area contributed by atoms with Gasteiger partial charge in [-0.1, -0.05) is 23.7 Å². The Morgan fingerprint density at radius 2 is 1.96 bits per heavy atom. The predicted octanol–water partition coefficient (Wildman–Crippen LogP) is 5.15. The molecule has 0 atom stereocenters. The summed E-state index contributed by atoms with van der Waals surface area (Å²) < 4.78 is 46.0. The molecule has 0 spiro atoms. The number of hydrogen-bond acceptors (Lipinski definition) is 3. The van der Waals surface area contributed by atoms with Gasteiger partial charge in [-0.2, -0.15) is 18.3 Å². The Labute approximate surface area is 163 Å². The zero-order chi connectivity index (χ0) is 20.3. The highest BCUT2D eigenvalue weighted by Crippen LogP contribution is 2.34. The van der Waals surface area contributed by atoms with E-state index < -0.39 is 17.6 Å². The summed E-state index contributed by atoms with van der Waals surface area (Å²) in [5.41, 5.74) is -0.442. The number of para-hydroxylation sites is 1. The first kappa shape index (κ1) is 19.8. The molecule has 5 nitrogen and oxygen atoms in total. The van der Waals surface area contributed by atoms with Gasteiger partial charge >= 0.3 is 6.18 Å². The SMILES string of the molecule is Cc1cc(OCn2ccc(C(=O)Nc3ccccc3C(F)(F)F)n2)ccc1Cl. The molecular weight excluding hydrogens is 395 g/mol. The number of carbonyl (C=O) groups excluding carboxylic acids is 1. The second-order valence-electron chi connectivity index (χ2n) is 5.92. The molecule has 0 aliphatic heterocycles. The number of ether oxygens (including phenoxy) is 1. The first-order valence-electron chi connectivity index (χ1n) is 8.14. The van der Waals surface area contributed by atoms with E-state index in [-0.39, 0.29) is 18.1 Å². The van der Waals surface area contributed by atoms with Crippen molar-refractivity contribution in [2.75, 3.05) is 5.32 Å². The van der Waals surface area contributed by atoms with Crippen LogP contribution in [-0.4, -0.2) is 15.7 Å². The molecule has 0 fully saturated rings. The van der Waals surface area contributed by atoms with Crippen LogP contribution < -0.4 is 10.1 Å². The van der Waals surface area contributed by atoms with Gasteiger partial charge in [0.05, 0.1) is 11.3 Å². The Kier molecular flexibility index (Phi) is 5.60. The highest BCUT2D eigenvalue weighted by Gasteiger charge is 2.33. The first-order chi connectivity index (χ1) is 13.2. The number of aryl methyl sites for hydroxylation is 1. The van der Waals surface area contributed by atoms with Crippen LogP contribution >= 0.6 is 11.6 Å². The Morgan fingerprint density at radius 1 is 1.21 bits per heavy atom. The molecule has 1 N–H and O–H groups in total. The lowest BCUT2D eigenvalue weighted by Gasteiger charge is -2.12. The Bertz CT molecular complexity index is 1000. The molecule has 0 radical (unpaired) electrons. The fourth-order valence-corrected chi connectivity index (χ4v) is 2.55. The highest BCUT2D eigenvalue weighted by atomic mass is 35.5. The summed E-state index contributed by atoms with van der Waals surface area (Å²) in [6.45, 7) is 1.86. The van der Waals surface area contributed by atoms with Crippen molar-refractivity contribution < 1.29 is 22.7 Å². The van der Waals surface area contributed by atoms with Gasteiger partial charge in [0.25, 0.3) is 5.91 Å². The minimum absolute atomic E-state index is 0.0213. The molecule has 0 saturated heterocycles.